The Balaban J connectivity index is 1.86. The highest BCUT2D eigenvalue weighted by Gasteiger charge is 2.16. The zero-order chi connectivity index (χ0) is 20.3. The van der Waals surface area contributed by atoms with Crippen LogP contribution in [0.25, 0.3) is 5.82 Å². The van der Waals surface area contributed by atoms with E-state index in [1.807, 2.05) is 0 Å². The molecule has 0 aliphatic rings. The maximum atomic E-state index is 12.7. The van der Waals surface area contributed by atoms with E-state index in [4.69, 9.17) is 0 Å². The van der Waals surface area contributed by atoms with Gasteiger partial charge in [0.25, 0.3) is 17.2 Å². The van der Waals surface area contributed by atoms with E-state index in [1.165, 1.54) is 22.9 Å². The van der Waals surface area contributed by atoms with E-state index in [0.717, 1.165) is 6.07 Å². The van der Waals surface area contributed by atoms with Crippen molar-refractivity contribution in [3.05, 3.63) is 86.0 Å². The molecule has 0 atom stereocenters. The summed E-state index contributed by atoms with van der Waals surface area (Å²) in [6.45, 7) is 3.28. The van der Waals surface area contributed by atoms with Crippen LogP contribution in [0.5, 0.6) is 0 Å². The first kappa shape index (κ1) is 18.7. The van der Waals surface area contributed by atoms with Gasteiger partial charge in [0.1, 0.15) is 0 Å². The lowest BCUT2D eigenvalue weighted by molar-refractivity contribution is -0.384. The minimum atomic E-state index is -0.624. The van der Waals surface area contributed by atoms with Gasteiger partial charge in [0.05, 0.1) is 16.2 Å². The number of hydrogen-bond donors (Lipinski definition) is 2. The monoisotopic (exact) mass is 380 g/mol. The number of non-ortho nitro benzene ring substituents is 1. The number of nitrogens with one attached hydrogen (secondary N) is 2. The van der Waals surface area contributed by atoms with E-state index in [9.17, 15) is 19.7 Å². The fraction of sp³-hybridized carbons (Fsp3) is 0.111. The molecule has 28 heavy (non-hydrogen) atoms. The fourth-order valence-electron chi connectivity index (χ4n) is 2.64. The van der Waals surface area contributed by atoms with Gasteiger partial charge in [0.2, 0.25) is 0 Å². The van der Waals surface area contributed by atoms with E-state index in [0.29, 0.717) is 17.1 Å². The SMILES string of the molecule is CC(=NNC(=O)c1cccc([N+](=O)[O-])c1)c1c(C)[nH]n(-c2ccccn2)c1=O. The molecule has 0 spiro atoms. The van der Waals surface area contributed by atoms with Crippen LogP contribution < -0.4 is 11.0 Å². The van der Waals surface area contributed by atoms with Crippen molar-refractivity contribution in [3.63, 3.8) is 0 Å². The quantitative estimate of drug-likeness (QED) is 0.396. The van der Waals surface area contributed by atoms with Crippen LogP contribution in [0.1, 0.15) is 28.5 Å². The van der Waals surface area contributed by atoms with Gasteiger partial charge < -0.3 is 0 Å². The molecule has 0 saturated carbocycles. The number of nitrogens with zero attached hydrogens (tertiary/aromatic N) is 4. The van der Waals surface area contributed by atoms with Gasteiger partial charge in [-0.1, -0.05) is 12.1 Å². The number of pyridine rings is 1. The van der Waals surface area contributed by atoms with Gasteiger partial charge >= 0.3 is 0 Å². The summed E-state index contributed by atoms with van der Waals surface area (Å²) in [6, 6.07) is 10.4. The first-order valence-electron chi connectivity index (χ1n) is 8.21. The molecule has 3 aromatic rings. The molecule has 2 N–H and O–H groups in total. The standard InChI is InChI=1S/C18H16N6O4/c1-11(20-21-17(25)13-6-5-7-14(10-13)24(27)28)16-12(2)22-23(18(16)26)15-8-3-4-9-19-15/h3-10,22H,1-2H3,(H,21,25). The molecule has 142 valence electrons. The van der Waals surface area contributed by atoms with E-state index in [2.05, 4.69) is 20.6 Å². The van der Waals surface area contributed by atoms with Crippen molar-refractivity contribution >= 4 is 17.3 Å². The van der Waals surface area contributed by atoms with Crippen LogP contribution in [0.4, 0.5) is 5.69 Å². The summed E-state index contributed by atoms with van der Waals surface area (Å²) in [5.74, 6) is -0.198. The van der Waals surface area contributed by atoms with Crippen molar-refractivity contribution in [1.82, 2.24) is 20.2 Å². The summed E-state index contributed by atoms with van der Waals surface area (Å²) in [4.78, 5) is 39.3. The number of aryl methyl sites for hydroxylation is 1. The molecule has 10 heteroatoms. The Morgan fingerprint density at radius 3 is 2.75 bits per heavy atom. The van der Waals surface area contributed by atoms with Crippen molar-refractivity contribution in [2.45, 2.75) is 13.8 Å². The molecule has 2 aromatic heterocycles. The maximum Gasteiger partial charge on any atom is 0.282 e. The molecule has 0 aliphatic heterocycles. The normalized spacial score (nSPS) is 11.3. The average molecular weight is 380 g/mol. The zero-order valence-electron chi connectivity index (χ0n) is 15.0. The highest BCUT2D eigenvalue weighted by Crippen LogP contribution is 2.13. The first-order valence-corrected chi connectivity index (χ1v) is 8.21. The Morgan fingerprint density at radius 2 is 2.07 bits per heavy atom. The number of carbonyl (C=O) groups is 1. The second kappa shape index (κ2) is 7.66. The van der Waals surface area contributed by atoms with Crippen molar-refractivity contribution in [3.8, 4) is 5.82 Å². The third kappa shape index (κ3) is 3.70. The maximum absolute atomic E-state index is 12.7. The number of aromatic amines is 1. The summed E-state index contributed by atoms with van der Waals surface area (Å²) in [5.41, 5.74) is 2.98. The second-order valence-corrected chi connectivity index (χ2v) is 5.89. The smallest absolute Gasteiger partial charge is 0.282 e. The zero-order valence-corrected chi connectivity index (χ0v) is 15.0. The summed E-state index contributed by atoms with van der Waals surface area (Å²) in [7, 11) is 0. The number of rotatable bonds is 5. The molecular formula is C18H16N6O4. The van der Waals surface area contributed by atoms with Crippen LogP contribution >= 0.6 is 0 Å². The highest BCUT2D eigenvalue weighted by atomic mass is 16.6. The van der Waals surface area contributed by atoms with Crippen LogP contribution in [0, 0.1) is 17.0 Å². The van der Waals surface area contributed by atoms with Gasteiger partial charge in [-0.25, -0.2) is 15.1 Å². The molecule has 0 aliphatic carbocycles. The molecule has 10 nitrogen and oxygen atoms in total. The van der Waals surface area contributed by atoms with E-state index in [-0.39, 0.29) is 22.5 Å². The van der Waals surface area contributed by atoms with Crippen molar-refractivity contribution < 1.29 is 9.72 Å². The predicted molar refractivity (Wildman–Crippen MR) is 102 cm³/mol. The molecule has 0 saturated heterocycles. The number of benzene rings is 1. The second-order valence-electron chi connectivity index (χ2n) is 5.89. The van der Waals surface area contributed by atoms with Gasteiger partial charge in [0.15, 0.2) is 5.82 Å². The number of aromatic nitrogens is 3. The Morgan fingerprint density at radius 1 is 1.29 bits per heavy atom. The summed E-state index contributed by atoms with van der Waals surface area (Å²) in [6.07, 6.45) is 1.57. The predicted octanol–water partition coefficient (Wildman–Crippen LogP) is 1.93. The number of nitro groups is 1. The van der Waals surface area contributed by atoms with Gasteiger partial charge in [-0.05, 0) is 32.0 Å². The number of hydrogen-bond acceptors (Lipinski definition) is 6. The number of carbonyl (C=O) groups excluding carboxylic acids is 1. The number of amides is 1. The summed E-state index contributed by atoms with van der Waals surface area (Å²) < 4.78 is 1.28. The molecule has 3 rings (SSSR count). The summed E-state index contributed by atoms with van der Waals surface area (Å²) >= 11 is 0. The van der Waals surface area contributed by atoms with E-state index < -0.39 is 10.8 Å². The lowest BCUT2D eigenvalue weighted by atomic mass is 10.2. The van der Waals surface area contributed by atoms with Crippen molar-refractivity contribution in [2.75, 3.05) is 0 Å². The van der Waals surface area contributed by atoms with Crippen LogP contribution in [-0.4, -0.2) is 31.3 Å². The van der Waals surface area contributed by atoms with Crippen LogP contribution in [-0.2, 0) is 0 Å². The molecule has 2 heterocycles. The first-order chi connectivity index (χ1) is 13.4. The molecule has 1 amide bonds. The van der Waals surface area contributed by atoms with Gasteiger partial charge in [-0.2, -0.15) is 5.10 Å². The Hall–Kier alpha value is -4.08. The van der Waals surface area contributed by atoms with Crippen molar-refractivity contribution in [2.24, 2.45) is 5.10 Å². The third-order valence-electron chi connectivity index (χ3n) is 3.96. The fourth-order valence-corrected chi connectivity index (χ4v) is 2.64. The molecule has 0 bridgehead atoms. The molecule has 0 fully saturated rings. The Bertz CT molecular complexity index is 1130. The third-order valence-corrected chi connectivity index (χ3v) is 3.96. The molecule has 0 radical (unpaired) electrons. The number of nitro benzene ring substituents is 1. The summed E-state index contributed by atoms with van der Waals surface area (Å²) in [5, 5.41) is 17.7. The van der Waals surface area contributed by atoms with Gasteiger partial charge in [-0.15, -0.1) is 0 Å². The Labute approximate surface area is 158 Å². The molecular weight excluding hydrogens is 364 g/mol. The van der Waals surface area contributed by atoms with Crippen LogP contribution in [0.3, 0.4) is 0 Å². The highest BCUT2D eigenvalue weighted by molar-refractivity contribution is 6.01. The minimum Gasteiger partial charge on any atom is -0.293 e. The van der Waals surface area contributed by atoms with Crippen LogP contribution in [0.2, 0.25) is 0 Å². The van der Waals surface area contributed by atoms with E-state index >= 15 is 0 Å². The van der Waals surface area contributed by atoms with Gasteiger partial charge in [-0.3, -0.25) is 24.8 Å². The van der Waals surface area contributed by atoms with Gasteiger partial charge in [0, 0.05) is 29.6 Å². The average Bonchev–Trinajstić information content (AvgIpc) is 3.00. The lowest BCUT2D eigenvalue weighted by Crippen LogP contribution is -2.23. The molecule has 1 aromatic carbocycles. The minimum absolute atomic E-state index is 0.0856. The Kier molecular flexibility index (Phi) is 5.12. The topological polar surface area (TPSA) is 135 Å². The number of H-pyrrole nitrogens is 1. The lowest BCUT2D eigenvalue weighted by Gasteiger charge is -2.02. The van der Waals surface area contributed by atoms with E-state index in [1.54, 1.807) is 38.2 Å². The van der Waals surface area contributed by atoms with Crippen LogP contribution in [0.15, 0.2) is 58.6 Å². The largest absolute Gasteiger partial charge is 0.293 e. The number of hydrazone groups is 1. The molecule has 0 unspecified atom stereocenters. The van der Waals surface area contributed by atoms with Crippen molar-refractivity contribution in [1.29, 1.82) is 0 Å².